The fourth-order valence-electron chi connectivity index (χ4n) is 1.55. The van der Waals surface area contributed by atoms with Gasteiger partial charge in [-0.05, 0) is 35.4 Å². The Morgan fingerprint density at radius 2 is 1.50 bits per heavy atom. The highest BCUT2D eigenvalue weighted by molar-refractivity contribution is 7.98. The second kappa shape index (κ2) is 6.44. The van der Waals surface area contributed by atoms with Gasteiger partial charge in [-0.1, -0.05) is 24.3 Å². The molecule has 2 rings (SSSR count). The monoisotopic (exact) mass is 261 g/mol. The third-order valence-electron chi connectivity index (χ3n) is 2.55. The van der Waals surface area contributed by atoms with Crippen LogP contribution >= 0.6 is 11.8 Å². The van der Waals surface area contributed by atoms with Crippen LogP contribution in [-0.4, -0.2) is 10.3 Å². The molecule has 18 heavy (non-hydrogen) atoms. The summed E-state index contributed by atoms with van der Waals surface area (Å²) in [6.07, 6.45) is 0. The Labute approximate surface area is 110 Å². The standard InChI is InChI=1S/C14H15NO2S/c16-13-5-7-14(8-6-13)18-10-12-3-1-11(2-4-12)9-15-17/h1-8,15-17H,9-10H2. The van der Waals surface area contributed by atoms with Gasteiger partial charge in [0.25, 0.3) is 0 Å². The van der Waals surface area contributed by atoms with Crippen LogP contribution in [0.4, 0.5) is 0 Å². The first-order chi connectivity index (χ1) is 8.78. The molecule has 94 valence electrons. The first-order valence-corrected chi connectivity index (χ1v) is 6.63. The summed E-state index contributed by atoms with van der Waals surface area (Å²) in [5.41, 5.74) is 4.42. The lowest BCUT2D eigenvalue weighted by molar-refractivity contribution is 0.161. The first-order valence-electron chi connectivity index (χ1n) is 5.64. The Kier molecular flexibility index (Phi) is 4.64. The summed E-state index contributed by atoms with van der Waals surface area (Å²) in [6.45, 7) is 0.464. The van der Waals surface area contributed by atoms with Crippen molar-refractivity contribution in [1.29, 1.82) is 0 Å². The summed E-state index contributed by atoms with van der Waals surface area (Å²) in [5.74, 6) is 1.18. The molecular weight excluding hydrogens is 246 g/mol. The van der Waals surface area contributed by atoms with Crippen molar-refractivity contribution >= 4 is 11.8 Å². The number of rotatable bonds is 5. The molecule has 0 unspecified atom stereocenters. The lowest BCUT2D eigenvalue weighted by atomic mass is 10.1. The summed E-state index contributed by atoms with van der Waals surface area (Å²) in [4.78, 5) is 1.13. The van der Waals surface area contributed by atoms with Gasteiger partial charge in [0, 0.05) is 17.2 Å². The Balaban J connectivity index is 1.91. The van der Waals surface area contributed by atoms with Crippen LogP contribution in [-0.2, 0) is 12.3 Å². The zero-order valence-electron chi connectivity index (χ0n) is 9.84. The van der Waals surface area contributed by atoms with Crippen molar-refractivity contribution in [3.63, 3.8) is 0 Å². The van der Waals surface area contributed by atoms with E-state index in [1.54, 1.807) is 23.9 Å². The van der Waals surface area contributed by atoms with E-state index in [-0.39, 0.29) is 0 Å². The Bertz CT molecular complexity index is 482. The molecule has 3 nitrogen and oxygen atoms in total. The number of nitrogens with one attached hydrogen (secondary N) is 1. The predicted molar refractivity (Wildman–Crippen MR) is 72.7 cm³/mol. The van der Waals surface area contributed by atoms with Gasteiger partial charge >= 0.3 is 0 Å². The fourth-order valence-corrected chi connectivity index (χ4v) is 2.41. The molecule has 0 fully saturated rings. The SMILES string of the molecule is ONCc1ccc(CSc2ccc(O)cc2)cc1. The average Bonchev–Trinajstić information content (AvgIpc) is 2.40. The molecule has 0 aliphatic carbocycles. The van der Waals surface area contributed by atoms with E-state index in [9.17, 15) is 5.11 Å². The lowest BCUT2D eigenvalue weighted by Crippen LogP contribution is -2.05. The van der Waals surface area contributed by atoms with Gasteiger partial charge in [-0.3, -0.25) is 0 Å². The number of phenols is 1. The van der Waals surface area contributed by atoms with Crippen LogP contribution in [0.25, 0.3) is 0 Å². The second-order valence-electron chi connectivity index (χ2n) is 3.93. The Morgan fingerprint density at radius 3 is 2.11 bits per heavy atom. The maximum absolute atomic E-state index is 9.19. The van der Waals surface area contributed by atoms with Crippen LogP contribution in [0.15, 0.2) is 53.4 Å². The first kappa shape index (κ1) is 13.0. The molecule has 2 aromatic carbocycles. The number of aromatic hydroxyl groups is 1. The van der Waals surface area contributed by atoms with Crippen molar-refractivity contribution in [2.45, 2.75) is 17.2 Å². The molecular formula is C14H15NO2S. The Morgan fingerprint density at radius 1 is 0.889 bits per heavy atom. The minimum absolute atomic E-state index is 0.292. The van der Waals surface area contributed by atoms with Crippen LogP contribution in [0.5, 0.6) is 5.75 Å². The fraction of sp³-hybridized carbons (Fsp3) is 0.143. The van der Waals surface area contributed by atoms with Crippen molar-refractivity contribution in [2.75, 3.05) is 0 Å². The molecule has 0 bridgehead atoms. The van der Waals surface area contributed by atoms with Crippen molar-refractivity contribution in [3.8, 4) is 5.75 Å². The van der Waals surface area contributed by atoms with Gasteiger partial charge in [-0.25, -0.2) is 5.48 Å². The maximum Gasteiger partial charge on any atom is 0.115 e. The van der Waals surface area contributed by atoms with Gasteiger partial charge in [-0.15, -0.1) is 11.8 Å². The molecule has 0 saturated heterocycles. The highest BCUT2D eigenvalue weighted by Gasteiger charge is 1.98. The quantitative estimate of drug-likeness (QED) is 0.571. The minimum atomic E-state index is 0.292. The van der Waals surface area contributed by atoms with E-state index in [4.69, 9.17) is 5.21 Å². The van der Waals surface area contributed by atoms with Crippen LogP contribution in [0.2, 0.25) is 0 Å². The Hall–Kier alpha value is -1.49. The number of thioether (sulfide) groups is 1. The number of hydroxylamine groups is 1. The molecule has 0 saturated carbocycles. The van der Waals surface area contributed by atoms with E-state index >= 15 is 0 Å². The summed E-state index contributed by atoms with van der Waals surface area (Å²) < 4.78 is 0. The molecule has 2 aromatic rings. The molecule has 0 spiro atoms. The third-order valence-corrected chi connectivity index (χ3v) is 3.63. The molecule has 4 heteroatoms. The molecule has 0 aromatic heterocycles. The molecule has 0 aliphatic heterocycles. The van der Waals surface area contributed by atoms with Crippen molar-refractivity contribution in [2.24, 2.45) is 0 Å². The highest BCUT2D eigenvalue weighted by atomic mass is 32.2. The minimum Gasteiger partial charge on any atom is -0.508 e. The number of phenolic OH excluding ortho intramolecular Hbond substituents is 1. The second-order valence-corrected chi connectivity index (χ2v) is 4.98. The maximum atomic E-state index is 9.19. The lowest BCUT2D eigenvalue weighted by Gasteiger charge is -2.04. The van der Waals surface area contributed by atoms with Gasteiger partial charge in [0.2, 0.25) is 0 Å². The van der Waals surface area contributed by atoms with E-state index in [0.717, 1.165) is 16.2 Å². The van der Waals surface area contributed by atoms with E-state index in [1.165, 1.54) is 5.56 Å². The van der Waals surface area contributed by atoms with E-state index in [1.807, 2.05) is 24.3 Å². The summed E-state index contributed by atoms with van der Waals surface area (Å²) in [5, 5.41) is 17.8. The number of benzene rings is 2. The molecule has 0 amide bonds. The highest BCUT2D eigenvalue weighted by Crippen LogP contribution is 2.24. The number of hydrogen-bond donors (Lipinski definition) is 3. The van der Waals surface area contributed by atoms with Crippen molar-refractivity contribution in [3.05, 3.63) is 59.7 Å². The van der Waals surface area contributed by atoms with Gasteiger partial charge < -0.3 is 10.3 Å². The smallest absolute Gasteiger partial charge is 0.115 e. The van der Waals surface area contributed by atoms with Gasteiger partial charge in [0.15, 0.2) is 0 Å². The molecule has 0 atom stereocenters. The molecule has 0 radical (unpaired) electrons. The average molecular weight is 261 g/mol. The normalized spacial score (nSPS) is 10.5. The summed E-state index contributed by atoms with van der Waals surface area (Å²) in [7, 11) is 0. The molecule has 3 N–H and O–H groups in total. The van der Waals surface area contributed by atoms with E-state index in [0.29, 0.717) is 12.3 Å². The molecule has 0 aliphatic rings. The van der Waals surface area contributed by atoms with Crippen LogP contribution < -0.4 is 5.48 Å². The van der Waals surface area contributed by atoms with Crippen molar-refractivity contribution < 1.29 is 10.3 Å². The molecule has 0 heterocycles. The topological polar surface area (TPSA) is 52.5 Å². The van der Waals surface area contributed by atoms with Gasteiger partial charge in [0.05, 0.1) is 0 Å². The zero-order chi connectivity index (χ0) is 12.8. The van der Waals surface area contributed by atoms with Crippen LogP contribution in [0.1, 0.15) is 11.1 Å². The predicted octanol–water partition coefficient (Wildman–Crippen LogP) is 3.16. The summed E-state index contributed by atoms with van der Waals surface area (Å²) >= 11 is 1.73. The summed E-state index contributed by atoms with van der Waals surface area (Å²) in [6, 6.07) is 15.3. The number of hydrogen-bond acceptors (Lipinski definition) is 4. The largest absolute Gasteiger partial charge is 0.508 e. The van der Waals surface area contributed by atoms with Crippen LogP contribution in [0.3, 0.4) is 0 Å². The van der Waals surface area contributed by atoms with Crippen molar-refractivity contribution in [1.82, 2.24) is 5.48 Å². The van der Waals surface area contributed by atoms with Crippen LogP contribution in [0, 0.1) is 0 Å². The third kappa shape index (κ3) is 3.77. The van der Waals surface area contributed by atoms with E-state index in [2.05, 4.69) is 17.6 Å². The zero-order valence-corrected chi connectivity index (χ0v) is 10.7. The van der Waals surface area contributed by atoms with Gasteiger partial charge in [0.1, 0.15) is 5.75 Å². The van der Waals surface area contributed by atoms with Gasteiger partial charge in [-0.2, -0.15) is 0 Å². The van der Waals surface area contributed by atoms with E-state index < -0.39 is 0 Å².